The molecule has 0 aliphatic carbocycles. The average molecular weight is 261 g/mol. The summed E-state index contributed by atoms with van der Waals surface area (Å²) in [6.07, 6.45) is 3.89. The summed E-state index contributed by atoms with van der Waals surface area (Å²) in [5.41, 5.74) is 8.18. The number of anilines is 1. The van der Waals surface area contributed by atoms with Crippen molar-refractivity contribution in [3.05, 3.63) is 23.4 Å². The van der Waals surface area contributed by atoms with Crippen molar-refractivity contribution in [3.63, 3.8) is 0 Å². The van der Waals surface area contributed by atoms with Gasteiger partial charge in [0, 0.05) is 25.3 Å². The normalized spacial score (nSPS) is 17.2. The Balaban J connectivity index is 2.17. The summed E-state index contributed by atoms with van der Waals surface area (Å²) < 4.78 is 0. The standard InChI is InChI=1S/C16H27N3/c1-4-13-5-7-19(8-6-13)16-10-14(11-17)9-15(18-16)12(2)3/h9-10,12-13H,4-8,11,17H2,1-3H3. The van der Waals surface area contributed by atoms with Crippen LogP contribution in [0.2, 0.25) is 0 Å². The molecule has 0 radical (unpaired) electrons. The van der Waals surface area contributed by atoms with Crippen molar-refractivity contribution in [2.45, 2.75) is 52.5 Å². The van der Waals surface area contributed by atoms with Crippen LogP contribution in [0.25, 0.3) is 0 Å². The van der Waals surface area contributed by atoms with E-state index >= 15 is 0 Å². The van der Waals surface area contributed by atoms with Crippen LogP contribution < -0.4 is 10.6 Å². The first-order valence-corrected chi connectivity index (χ1v) is 7.60. The minimum atomic E-state index is 0.457. The van der Waals surface area contributed by atoms with Gasteiger partial charge in [-0.1, -0.05) is 27.2 Å². The summed E-state index contributed by atoms with van der Waals surface area (Å²) in [5.74, 6) is 2.48. The topological polar surface area (TPSA) is 42.1 Å². The lowest BCUT2D eigenvalue weighted by molar-refractivity contribution is 0.393. The molecule has 0 bridgehead atoms. The number of pyridine rings is 1. The lowest BCUT2D eigenvalue weighted by Crippen LogP contribution is -2.34. The molecule has 0 spiro atoms. The van der Waals surface area contributed by atoms with Gasteiger partial charge in [-0.25, -0.2) is 4.98 Å². The first-order valence-electron chi connectivity index (χ1n) is 7.60. The van der Waals surface area contributed by atoms with Gasteiger partial charge in [-0.05, 0) is 42.4 Å². The quantitative estimate of drug-likeness (QED) is 0.904. The first-order chi connectivity index (χ1) is 9.13. The number of hydrogen-bond donors (Lipinski definition) is 1. The molecule has 1 aromatic heterocycles. The van der Waals surface area contributed by atoms with Gasteiger partial charge in [0.2, 0.25) is 0 Å². The van der Waals surface area contributed by atoms with Crippen LogP contribution in [0.5, 0.6) is 0 Å². The zero-order valence-electron chi connectivity index (χ0n) is 12.5. The molecule has 0 amide bonds. The van der Waals surface area contributed by atoms with E-state index in [1.54, 1.807) is 0 Å². The van der Waals surface area contributed by atoms with E-state index < -0.39 is 0 Å². The van der Waals surface area contributed by atoms with E-state index in [0.29, 0.717) is 12.5 Å². The summed E-state index contributed by atoms with van der Waals surface area (Å²) >= 11 is 0. The molecule has 0 saturated carbocycles. The smallest absolute Gasteiger partial charge is 0.129 e. The Bertz CT molecular complexity index is 406. The summed E-state index contributed by atoms with van der Waals surface area (Å²) in [6, 6.07) is 4.31. The van der Waals surface area contributed by atoms with Crippen LogP contribution in [0.4, 0.5) is 5.82 Å². The third kappa shape index (κ3) is 3.47. The minimum Gasteiger partial charge on any atom is -0.357 e. The molecule has 2 rings (SSSR count). The highest BCUT2D eigenvalue weighted by Crippen LogP contribution is 2.26. The molecule has 19 heavy (non-hydrogen) atoms. The van der Waals surface area contributed by atoms with Crippen molar-refractivity contribution in [1.29, 1.82) is 0 Å². The zero-order chi connectivity index (χ0) is 13.8. The van der Waals surface area contributed by atoms with Crippen molar-refractivity contribution in [3.8, 4) is 0 Å². The van der Waals surface area contributed by atoms with Crippen LogP contribution >= 0.6 is 0 Å². The van der Waals surface area contributed by atoms with Gasteiger partial charge in [0.25, 0.3) is 0 Å². The number of nitrogens with zero attached hydrogens (tertiary/aromatic N) is 2. The fourth-order valence-electron chi connectivity index (χ4n) is 2.74. The monoisotopic (exact) mass is 261 g/mol. The number of piperidine rings is 1. The molecule has 106 valence electrons. The predicted molar refractivity (Wildman–Crippen MR) is 81.4 cm³/mol. The van der Waals surface area contributed by atoms with Crippen LogP contribution in [0, 0.1) is 5.92 Å². The molecule has 0 unspecified atom stereocenters. The van der Waals surface area contributed by atoms with Crippen molar-refractivity contribution in [2.24, 2.45) is 11.7 Å². The van der Waals surface area contributed by atoms with E-state index in [-0.39, 0.29) is 0 Å². The highest BCUT2D eigenvalue weighted by Gasteiger charge is 2.19. The number of nitrogens with two attached hydrogens (primary N) is 1. The Hall–Kier alpha value is -1.09. The van der Waals surface area contributed by atoms with Gasteiger partial charge in [-0.15, -0.1) is 0 Å². The van der Waals surface area contributed by atoms with E-state index in [0.717, 1.165) is 30.5 Å². The van der Waals surface area contributed by atoms with E-state index in [1.807, 2.05) is 0 Å². The second-order valence-corrected chi connectivity index (χ2v) is 5.96. The maximum atomic E-state index is 5.81. The zero-order valence-corrected chi connectivity index (χ0v) is 12.5. The summed E-state index contributed by atoms with van der Waals surface area (Å²) in [4.78, 5) is 7.25. The largest absolute Gasteiger partial charge is 0.357 e. The first kappa shape index (κ1) is 14.3. The molecule has 1 fully saturated rings. The van der Waals surface area contributed by atoms with Gasteiger partial charge in [-0.3, -0.25) is 0 Å². The van der Waals surface area contributed by atoms with Crippen molar-refractivity contribution in [2.75, 3.05) is 18.0 Å². The molecule has 3 heteroatoms. The third-order valence-electron chi connectivity index (χ3n) is 4.23. The summed E-state index contributed by atoms with van der Waals surface area (Å²) in [7, 11) is 0. The van der Waals surface area contributed by atoms with Crippen molar-refractivity contribution in [1.82, 2.24) is 4.98 Å². The Labute approximate surface area is 117 Å². The number of aromatic nitrogens is 1. The van der Waals surface area contributed by atoms with E-state index in [9.17, 15) is 0 Å². The molecule has 2 N–H and O–H groups in total. The fourth-order valence-corrected chi connectivity index (χ4v) is 2.74. The van der Waals surface area contributed by atoms with Gasteiger partial charge in [-0.2, -0.15) is 0 Å². The van der Waals surface area contributed by atoms with Gasteiger partial charge in [0.15, 0.2) is 0 Å². The van der Waals surface area contributed by atoms with E-state index in [1.165, 1.54) is 24.8 Å². The SMILES string of the molecule is CCC1CCN(c2cc(CN)cc(C(C)C)n2)CC1. The molecule has 1 aliphatic rings. The van der Waals surface area contributed by atoms with E-state index in [4.69, 9.17) is 10.7 Å². The molecule has 1 aliphatic heterocycles. The summed E-state index contributed by atoms with van der Waals surface area (Å²) in [6.45, 7) is 9.55. The molecular formula is C16H27N3. The van der Waals surface area contributed by atoms with Gasteiger partial charge in [0.1, 0.15) is 5.82 Å². The predicted octanol–water partition coefficient (Wildman–Crippen LogP) is 3.29. The van der Waals surface area contributed by atoms with Crippen LogP contribution in [-0.4, -0.2) is 18.1 Å². The Morgan fingerprint density at radius 2 is 2.00 bits per heavy atom. The fraction of sp³-hybridized carbons (Fsp3) is 0.688. The van der Waals surface area contributed by atoms with Crippen LogP contribution in [-0.2, 0) is 6.54 Å². The maximum absolute atomic E-state index is 5.81. The van der Waals surface area contributed by atoms with Crippen LogP contribution in [0.3, 0.4) is 0 Å². The number of rotatable bonds is 4. The maximum Gasteiger partial charge on any atom is 0.129 e. The molecule has 1 aromatic rings. The minimum absolute atomic E-state index is 0.457. The van der Waals surface area contributed by atoms with Gasteiger partial charge >= 0.3 is 0 Å². The molecule has 1 saturated heterocycles. The molecule has 3 nitrogen and oxygen atoms in total. The second kappa shape index (κ2) is 6.38. The van der Waals surface area contributed by atoms with E-state index in [2.05, 4.69) is 37.8 Å². The van der Waals surface area contributed by atoms with Gasteiger partial charge in [0.05, 0.1) is 0 Å². The lowest BCUT2D eigenvalue weighted by atomic mass is 9.94. The highest BCUT2D eigenvalue weighted by molar-refractivity contribution is 5.43. The molecular weight excluding hydrogens is 234 g/mol. The lowest BCUT2D eigenvalue weighted by Gasteiger charge is -2.33. The van der Waals surface area contributed by atoms with Gasteiger partial charge < -0.3 is 10.6 Å². The Kier molecular flexibility index (Phi) is 4.81. The summed E-state index contributed by atoms with van der Waals surface area (Å²) in [5, 5.41) is 0. The second-order valence-electron chi connectivity index (χ2n) is 5.96. The van der Waals surface area contributed by atoms with Crippen LogP contribution in [0.15, 0.2) is 12.1 Å². The van der Waals surface area contributed by atoms with Crippen LogP contribution in [0.1, 0.15) is 57.2 Å². The van der Waals surface area contributed by atoms with Crippen molar-refractivity contribution >= 4 is 5.82 Å². The molecule has 0 atom stereocenters. The average Bonchev–Trinajstić information content (AvgIpc) is 2.46. The third-order valence-corrected chi connectivity index (χ3v) is 4.23. The highest BCUT2D eigenvalue weighted by atomic mass is 15.2. The van der Waals surface area contributed by atoms with Crippen molar-refractivity contribution < 1.29 is 0 Å². The molecule has 0 aromatic carbocycles. The molecule has 2 heterocycles. The Morgan fingerprint density at radius 3 is 2.53 bits per heavy atom. The Morgan fingerprint density at radius 1 is 1.32 bits per heavy atom. The number of hydrogen-bond acceptors (Lipinski definition) is 3.